The lowest BCUT2D eigenvalue weighted by molar-refractivity contribution is -0.143. The lowest BCUT2D eigenvalue weighted by atomic mass is 9.87. The molecule has 1 aliphatic carbocycles. The van der Waals surface area contributed by atoms with E-state index in [0.29, 0.717) is 12.1 Å². The monoisotopic (exact) mass is 245 g/mol. The Morgan fingerprint density at radius 2 is 2.38 bits per heavy atom. The molecule has 0 saturated heterocycles. The molecule has 1 aliphatic rings. The zero-order valence-corrected chi connectivity index (χ0v) is 9.22. The highest BCUT2D eigenvalue weighted by molar-refractivity contribution is 9.09. The maximum Gasteiger partial charge on any atom is 0.314 e. The van der Waals surface area contributed by atoms with Crippen molar-refractivity contribution in [1.82, 2.24) is 0 Å². The van der Waals surface area contributed by atoms with E-state index in [-0.39, 0.29) is 10.8 Å². The minimum atomic E-state index is -0.403. The van der Waals surface area contributed by atoms with Crippen LogP contribution < -0.4 is 0 Å². The van der Waals surface area contributed by atoms with Crippen molar-refractivity contribution in [3.63, 3.8) is 0 Å². The summed E-state index contributed by atoms with van der Waals surface area (Å²) in [6, 6.07) is 0. The van der Waals surface area contributed by atoms with E-state index in [0.717, 1.165) is 5.57 Å². The zero-order chi connectivity index (χ0) is 10.0. The number of nitrogens with one attached hydrogen (secondary N) is 1. The average molecular weight is 246 g/mol. The first-order chi connectivity index (χ1) is 6.06. The van der Waals surface area contributed by atoms with Crippen molar-refractivity contribution >= 4 is 27.6 Å². The highest BCUT2D eigenvalue weighted by Gasteiger charge is 2.30. The van der Waals surface area contributed by atoms with Crippen LogP contribution in [0.15, 0.2) is 11.6 Å². The number of carbonyl (C=O) groups is 1. The first-order valence-corrected chi connectivity index (χ1v) is 4.97. The van der Waals surface area contributed by atoms with Crippen LogP contribution in [0.5, 0.6) is 0 Å². The number of allylic oxidation sites excluding steroid dienone is 2. The van der Waals surface area contributed by atoms with Crippen LogP contribution in [-0.2, 0) is 9.53 Å². The molecule has 0 radical (unpaired) electrons. The van der Waals surface area contributed by atoms with E-state index in [9.17, 15) is 4.79 Å². The van der Waals surface area contributed by atoms with Gasteiger partial charge in [-0.05, 0) is 18.9 Å². The Balaban J connectivity index is 2.85. The van der Waals surface area contributed by atoms with E-state index in [2.05, 4.69) is 20.7 Å². The summed E-state index contributed by atoms with van der Waals surface area (Å²) in [4.78, 5) is 11.4. The SMILES string of the molecule is COC(=O)C1CC(Br)C=C(C)C1=N. The van der Waals surface area contributed by atoms with Gasteiger partial charge in [0.15, 0.2) is 0 Å². The van der Waals surface area contributed by atoms with Gasteiger partial charge in [-0.3, -0.25) is 4.79 Å². The third kappa shape index (κ3) is 2.18. The molecule has 1 N–H and O–H groups in total. The van der Waals surface area contributed by atoms with Crippen LogP contribution in [0.1, 0.15) is 13.3 Å². The fourth-order valence-corrected chi connectivity index (χ4v) is 2.17. The predicted octanol–water partition coefficient (Wildman–Crippen LogP) is 1.91. The summed E-state index contributed by atoms with van der Waals surface area (Å²) in [6.45, 7) is 1.84. The number of halogens is 1. The highest BCUT2D eigenvalue weighted by atomic mass is 79.9. The molecular formula is C9H12BrNO2. The molecule has 0 aromatic carbocycles. The minimum absolute atomic E-state index is 0.172. The molecule has 0 fully saturated rings. The van der Waals surface area contributed by atoms with Gasteiger partial charge in [-0.15, -0.1) is 0 Å². The van der Waals surface area contributed by atoms with Crippen molar-refractivity contribution in [3.05, 3.63) is 11.6 Å². The number of rotatable bonds is 1. The van der Waals surface area contributed by atoms with Crippen molar-refractivity contribution in [2.24, 2.45) is 5.92 Å². The van der Waals surface area contributed by atoms with Crippen LogP contribution in [0.4, 0.5) is 0 Å². The maximum absolute atomic E-state index is 11.3. The molecule has 13 heavy (non-hydrogen) atoms. The topological polar surface area (TPSA) is 50.2 Å². The fraction of sp³-hybridized carbons (Fsp3) is 0.556. The lowest BCUT2D eigenvalue weighted by Gasteiger charge is -2.23. The van der Waals surface area contributed by atoms with E-state index in [1.54, 1.807) is 0 Å². The average Bonchev–Trinajstić information content (AvgIpc) is 2.10. The van der Waals surface area contributed by atoms with Gasteiger partial charge in [0.05, 0.1) is 13.0 Å². The Labute approximate surface area is 85.8 Å². The predicted molar refractivity (Wildman–Crippen MR) is 54.3 cm³/mol. The second kappa shape index (κ2) is 4.05. The molecule has 0 aromatic heterocycles. The van der Waals surface area contributed by atoms with Crippen molar-refractivity contribution in [3.8, 4) is 0 Å². The molecule has 3 nitrogen and oxygen atoms in total. The van der Waals surface area contributed by atoms with E-state index < -0.39 is 5.92 Å². The molecule has 4 heteroatoms. The number of methoxy groups -OCH3 is 1. The molecule has 0 saturated carbocycles. The quantitative estimate of drug-likeness (QED) is 0.567. The molecule has 0 amide bonds. The molecule has 72 valence electrons. The van der Waals surface area contributed by atoms with E-state index in [4.69, 9.17) is 5.41 Å². The summed E-state index contributed by atoms with van der Waals surface area (Å²) in [5, 5.41) is 7.69. The van der Waals surface area contributed by atoms with Gasteiger partial charge >= 0.3 is 5.97 Å². The van der Waals surface area contributed by atoms with Gasteiger partial charge in [-0.2, -0.15) is 0 Å². The van der Waals surface area contributed by atoms with Crippen LogP contribution >= 0.6 is 15.9 Å². The van der Waals surface area contributed by atoms with Gasteiger partial charge in [0, 0.05) is 10.5 Å². The Kier molecular flexibility index (Phi) is 3.25. The second-order valence-corrected chi connectivity index (χ2v) is 4.27. The maximum atomic E-state index is 11.3. The van der Waals surface area contributed by atoms with Crippen LogP contribution in [-0.4, -0.2) is 23.6 Å². The normalized spacial score (nSPS) is 28.2. The van der Waals surface area contributed by atoms with Gasteiger partial charge in [-0.1, -0.05) is 22.0 Å². The van der Waals surface area contributed by atoms with Gasteiger partial charge in [-0.25, -0.2) is 0 Å². The summed E-state index contributed by atoms with van der Waals surface area (Å²) in [6.07, 6.45) is 2.56. The van der Waals surface area contributed by atoms with Crippen molar-refractivity contribution < 1.29 is 9.53 Å². The number of hydrogen-bond acceptors (Lipinski definition) is 3. The first kappa shape index (κ1) is 10.4. The lowest BCUT2D eigenvalue weighted by Crippen LogP contribution is -2.31. The van der Waals surface area contributed by atoms with Gasteiger partial charge in [0.1, 0.15) is 0 Å². The van der Waals surface area contributed by atoms with Crippen LogP contribution in [0.25, 0.3) is 0 Å². The highest BCUT2D eigenvalue weighted by Crippen LogP contribution is 2.26. The molecule has 1 rings (SSSR count). The van der Waals surface area contributed by atoms with Crippen LogP contribution in [0.2, 0.25) is 0 Å². The Bertz CT molecular complexity index is 273. The van der Waals surface area contributed by atoms with Gasteiger partial charge < -0.3 is 10.1 Å². The first-order valence-electron chi connectivity index (χ1n) is 4.05. The molecule has 0 bridgehead atoms. The van der Waals surface area contributed by atoms with Crippen LogP contribution in [0, 0.1) is 11.3 Å². The number of hydrogen-bond donors (Lipinski definition) is 1. The van der Waals surface area contributed by atoms with Gasteiger partial charge in [0.25, 0.3) is 0 Å². The summed E-state index contributed by atoms with van der Waals surface area (Å²) in [5.74, 6) is -0.721. The molecule has 0 aliphatic heterocycles. The van der Waals surface area contributed by atoms with E-state index >= 15 is 0 Å². The van der Waals surface area contributed by atoms with E-state index in [1.165, 1.54) is 7.11 Å². The van der Waals surface area contributed by atoms with Crippen molar-refractivity contribution in [2.75, 3.05) is 7.11 Å². The van der Waals surface area contributed by atoms with E-state index in [1.807, 2.05) is 13.0 Å². The zero-order valence-electron chi connectivity index (χ0n) is 7.63. The Hall–Kier alpha value is -0.640. The summed E-state index contributed by atoms with van der Waals surface area (Å²) in [7, 11) is 1.35. The summed E-state index contributed by atoms with van der Waals surface area (Å²) >= 11 is 3.41. The molecule has 2 atom stereocenters. The Morgan fingerprint density at radius 1 is 1.77 bits per heavy atom. The van der Waals surface area contributed by atoms with Crippen molar-refractivity contribution in [2.45, 2.75) is 18.2 Å². The standard InChI is InChI=1S/C9H12BrNO2/c1-5-3-6(10)4-7(8(5)11)9(12)13-2/h3,6-7,11H,4H2,1-2H3. The number of esters is 1. The third-order valence-corrected chi connectivity index (χ3v) is 2.79. The van der Waals surface area contributed by atoms with Gasteiger partial charge in [0.2, 0.25) is 0 Å². The number of carbonyl (C=O) groups excluding carboxylic acids is 1. The molecule has 0 heterocycles. The number of ether oxygens (including phenoxy) is 1. The van der Waals surface area contributed by atoms with Crippen LogP contribution in [0.3, 0.4) is 0 Å². The largest absolute Gasteiger partial charge is 0.469 e. The summed E-state index contributed by atoms with van der Waals surface area (Å²) < 4.78 is 4.63. The fourth-order valence-electron chi connectivity index (χ4n) is 1.40. The summed E-state index contributed by atoms with van der Waals surface area (Å²) in [5.41, 5.74) is 1.23. The Morgan fingerprint density at radius 3 is 2.92 bits per heavy atom. The molecule has 2 unspecified atom stereocenters. The number of alkyl halides is 1. The molecular weight excluding hydrogens is 234 g/mol. The third-order valence-electron chi connectivity index (χ3n) is 2.15. The molecule has 0 aromatic rings. The second-order valence-electron chi connectivity index (χ2n) is 3.09. The smallest absolute Gasteiger partial charge is 0.314 e. The minimum Gasteiger partial charge on any atom is -0.469 e. The molecule has 0 spiro atoms. The van der Waals surface area contributed by atoms with Crippen molar-refractivity contribution in [1.29, 1.82) is 5.41 Å².